The molecule has 0 unspecified atom stereocenters. The van der Waals surface area contributed by atoms with Gasteiger partial charge in [0.25, 0.3) is 0 Å². The van der Waals surface area contributed by atoms with E-state index in [1.807, 2.05) is 6.92 Å². The molecule has 108 valence electrons. The van der Waals surface area contributed by atoms with Crippen LogP contribution in [0.2, 0.25) is 0 Å². The Hall–Kier alpha value is -1.31. The molecule has 0 heterocycles. The second kappa shape index (κ2) is 14.7. The Kier molecular flexibility index (Phi) is 13.7. The molecule has 0 spiro atoms. The lowest BCUT2D eigenvalue weighted by atomic mass is 10.1. The van der Waals surface area contributed by atoms with Crippen LogP contribution in [0.25, 0.3) is 0 Å². The number of ether oxygens (including phenoxy) is 1. The van der Waals surface area contributed by atoms with Gasteiger partial charge in [-0.2, -0.15) is 0 Å². The molecule has 0 fully saturated rings. The quantitative estimate of drug-likeness (QED) is 0.215. The van der Waals surface area contributed by atoms with E-state index in [9.17, 15) is 4.79 Å². The van der Waals surface area contributed by atoms with Crippen LogP contribution in [-0.4, -0.2) is 12.6 Å². The summed E-state index contributed by atoms with van der Waals surface area (Å²) < 4.78 is 4.91. The summed E-state index contributed by atoms with van der Waals surface area (Å²) in [6.07, 6.45) is 19.4. The van der Waals surface area contributed by atoms with Crippen LogP contribution in [0.1, 0.15) is 58.3 Å². The molecule has 0 bridgehead atoms. The maximum Gasteiger partial charge on any atom is 0.330 e. The van der Waals surface area contributed by atoms with Crippen molar-refractivity contribution in [2.75, 3.05) is 6.61 Å². The highest BCUT2D eigenvalue weighted by atomic mass is 16.5. The van der Waals surface area contributed by atoms with Crippen molar-refractivity contribution in [1.29, 1.82) is 0 Å². The number of esters is 1. The molecule has 0 aliphatic rings. The van der Waals surface area contributed by atoms with E-state index >= 15 is 0 Å². The van der Waals surface area contributed by atoms with Crippen molar-refractivity contribution in [1.82, 2.24) is 0 Å². The van der Waals surface area contributed by atoms with Crippen LogP contribution in [0, 0.1) is 0 Å². The molecule has 0 amide bonds. The first-order chi connectivity index (χ1) is 9.31. The molecule has 0 rings (SSSR count). The molecule has 19 heavy (non-hydrogen) atoms. The molecular formula is C17H28O2. The van der Waals surface area contributed by atoms with Crippen LogP contribution >= 0.6 is 0 Å². The SMILES string of the molecule is C=CC(=O)OCCCCCCCC/C=C\C/C=C/C. The van der Waals surface area contributed by atoms with Crippen LogP contribution in [0.3, 0.4) is 0 Å². The van der Waals surface area contributed by atoms with Gasteiger partial charge in [-0.1, -0.05) is 56.6 Å². The third kappa shape index (κ3) is 14.6. The van der Waals surface area contributed by atoms with Gasteiger partial charge in [-0.15, -0.1) is 0 Å². The Balaban J connectivity index is 3.12. The lowest BCUT2D eigenvalue weighted by Crippen LogP contribution is -2.01. The van der Waals surface area contributed by atoms with Crippen molar-refractivity contribution in [2.24, 2.45) is 0 Å². The molecule has 0 saturated heterocycles. The van der Waals surface area contributed by atoms with Crippen LogP contribution in [0.15, 0.2) is 37.0 Å². The van der Waals surface area contributed by atoms with Crippen molar-refractivity contribution >= 4 is 5.97 Å². The molecule has 0 saturated carbocycles. The van der Waals surface area contributed by atoms with E-state index in [0.717, 1.165) is 19.3 Å². The van der Waals surface area contributed by atoms with Gasteiger partial charge in [0, 0.05) is 6.08 Å². The summed E-state index contributed by atoms with van der Waals surface area (Å²) in [4.78, 5) is 10.8. The standard InChI is InChI=1S/C17H28O2/c1-3-5-6-7-8-9-10-11-12-13-14-15-16-19-17(18)4-2/h3-5,7-8H,2,6,9-16H2,1H3/b5-3+,8-7-. The highest BCUT2D eigenvalue weighted by molar-refractivity contribution is 5.81. The minimum Gasteiger partial charge on any atom is -0.463 e. The molecule has 0 atom stereocenters. The van der Waals surface area contributed by atoms with Gasteiger partial charge >= 0.3 is 5.97 Å². The summed E-state index contributed by atoms with van der Waals surface area (Å²) >= 11 is 0. The number of hydrogen-bond donors (Lipinski definition) is 0. The zero-order chi connectivity index (χ0) is 14.2. The second-order valence-corrected chi connectivity index (χ2v) is 4.56. The predicted molar refractivity (Wildman–Crippen MR) is 82.0 cm³/mol. The zero-order valence-corrected chi connectivity index (χ0v) is 12.3. The Morgan fingerprint density at radius 2 is 1.68 bits per heavy atom. The first-order valence-corrected chi connectivity index (χ1v) is 7.36. The third-order valence-corrected chi connectivity index (χ3v) is 2.85. The fourth-order valence-electron chi connectivity index (χ4n) is 1.73. The van der Waals surface area contributed by atoms with E-state index in [2.05, 4.69) is 30.9 Å². The van der Waals surface area contributed by atoms with Gasteiger partial charge in [-0.3, -0.25) is 0 Å². The van der Waals surface area contributed by atoms with Crippen molar-refractivity contribution in [3.63, 3.8) is 0 Å². The van der Waals surface area contributed by atoms with Crippen LogP contribution in [0.5, 0.6) is 0 Å². The monoisotopic (exact) mass is 264 g/mol. The van der Waals surface area contributed by atoms with Gasteiger partial charge in [0.15, 0.2) is 0 Å². The number of allylic oxidation sites excluding steroid dienone is 4. The molecule has 0 aromatic heterocycles. The van der Waals surface area contributed by atoms with Gasteiger partial charge in [-0.25, -0.2) is 4.79 Å². The Labute approximate surface area is 118 Å². The van der Waals surface area contributed by atoms with E-state index in [1.54, 1.807) is 0 Å². The summed E-state index contributed by atoms with van der Waals surface area (Å²) in [5.74, 6) is -0.315. The summed E-state index contributed by atoms with van der Waals surface area (Å²) in [6, 6.07) is 0. The van der Waals surface area contributed by atoms with Gasteiger partial charge in [0.2, 0.25) is 0 Å². The fourth-order valence-corrected chi connectivity index (χ4v) is 1.73. The first-order valence-electron chi connectivity index (χ1n) is 7.36. The molecule has 0 aliphatic carbocycles. The van der Waals surface area contributed by atoms with E-state index < -0.39 is 0 Å². The molecule has 0 N–H and O–H groups in total. The molecule has 0 aromatic rings. The van der Waals surface area contributed by atoms with Crippen molar-refractivity contribution in [2.45, 2.75) is 58.3 Å². The van der Waals surface area contributed by atoms with Gasteiger partial charge in [0.1, 0.15) is 0 Å². The third-order valence-electron chi connectivity index (χ3n) is 2.85. The largest absolute Gasteiger partial charge is 0.463 e. The lowest BCUT2D eigenvalue weighted by Gasteiger charge is -2.02. The highest BCUT2D eigenvalue weighted by Gasteiger charge is 1.95. The summed E-state index contributed by atoms with van der Waals surface area (Å²) in [5, 5.41) is 0. The molecular weight excluding hydrogens is 236 g/mol. The predicted octanol–water partition coefficient (Wildman–Crippen LogP) is 4.97. The maximum absolute atomic E-state index is 10.8. The van der Waals surface area contributed by atoms with E-state index in [1.165, 1.54) is 38.2 Å². The van der Waals surface area contributed by atoms with Crippen molar-refractivity contribution in [3.8, 4) is 0 Å². The van der Waals surface area contributed by atoms with Gasteiger partial charge in [0.05, 0.1) is 6.61 Å². The van der Waals surface area contributed by atoms with Crippen molar-refractivity contribution < 1.29 is 9.53 Å². The molecule has 0 aromatic carbocycles. The number of unbranched alkanes of at least 4 members (excludes halogenated alkanes) is 6. The van der Waals surface area contributed by atoms with Crippen LogP contribution < -0.4 is 0 Å². The minimum absolute atomic E-state index is 0.315. The molecule has 2 heteroatoms. The minimum atomic E-state index is -0.315. The molecule has 2 nitrogen and oxygen atoms in total. The molecule has 0 aliphatic heterocycles. The Morgan fingerprint density at radius 1 is 1.00 bits per heavy atom. The summed E-state index contributed by atoms with van der Waals surface area (Å²) in [7, 11) is 0. The summed E-state index contributed by atoms with van der Waals surface area (Å²) in [5.41, 5.74) is 0. The van der Waals surface area contributed by atoms with Gasteiger partial charge < -0.3 is 4.74 Å². The zero-order valence-electron chi connectivity index (χ0n) is 12.3. The number of rotatable bonds is 12. The van der Waals surface area contributed by atoms with Gasteiger partial charge in [-0.05, 0) is 32.6 Å². The Morgan fingerprint density at radius 3 is 2.37 bits per heavy atom. The lowest BCUT2D eigenvalue weighted by molar-refractivity contribution is -0.137. The van der Waals surface area contributed by atoms with E-state index in [-0.39, 0.29) is 5.97 Å². The smallest absolute Gasteiger partial charge is 0.330 e. The normalized spacial score (nSPS) is 11.2. The second-order valence-electron chi connectivity index (χ2n) is 4.56. The van der Waals surface area contributed by atoms with E-state index in [4.69, 9.17) is 4.74 Å². The Bertz CT molecular complexity index is 277. The number of carbonyl (C=O) groups is 1. The van der Waals surface area contributed by atoms with E-state index in [0.29, 0.717) is 6.61 Å². The average molecular weight is 264 g/mol. The molecule has 0 radical (unpaired) electrons. The van der Waals surface area contributed by atoms with Crippen molar-refractivity contribution in [3.05, 3.63) is 37.0 Å². The van der Waals surface area contributed by atoms with Crippen LogP contribution in [0.4, 0.5) is 0 Å². The average Bonchev–Trinajstić information content (AvgIpc) is 2.43. The maximum atomic E-state index is 10.8. The fraction of sp³-hybridized carbons (Fsp3) is 0.588. The number of hydrogen-bond acceptors (Lipinski definition) is 2. The highest BCUT2D eigenvalue weighted by Crippen LogP contribution is 2.08. The van der Waals surface area contributed by atoms with Crippen LogP contribution in [-0.2, 0) is 9.53 Å². The summed E-state index contributed by atoms with van der Waals surface area (Å²) in [6.45, 7) is 5.93. The topological polar surface area (TPSA) is 26.3 Å². The first kappa shape index (κ1) is 17.7. The number of carbonyl (C=O) groups excluding carboxylic acids is 1.